The van der Waals surface area contributed by atoms with Gasteiger partial charge in [0, 0.05) is 31.9 Å². The maximum Gasteiger partial charge on any atom is 0.387 e. The van der Waals surface area contributed by atoms with Gasteiger partial charge >= 0.3 is 6.61 Å². The van der Waals surface area contributed by atoms with E-state index >= 15 is 0 Å². The van der Waals surface area contributed by atoms with Crippen molar-refractivity contribution in [1.82, 2.24) is 10.6 Å². The Morgan fingerprint density at radius 1 is 1.24 bits per heavy atom. The van der Waals surface area contributed by atoms with Crippen LogP contribution in [0.2, 0.25) is 0 Å². The van der Waals surface area contributed by atoms with Crippen LogP contribution in [0.4, 0.5) is 8.78 Å². The molecule has 0 heterocycles. The van der Waals surface area contributed by atoms with Crippen molar-refractivity contribution in [2.24, 2.45) is 10.4 Å². The van der Waals surface area contributed by atoms with Crippen LogP contribution in [0.3, 0.4) is 0 Å². The second kappa shape index (κ2) is 13.0. The van der Waals surface area contributed by atoms with E-state index in [1.807, 2.05) is 13.8 Å². The minimum Gasteiger partial charge on any atom is -0.497 e. The lowest BCUT2D eigenvalue weighted by Gasteiger charge is -2.18. The minimum atomic E-state index is -2.89. The quantitative estimate of drug-likeness (QED) is 0.185. The number of guanidine groups is 1. The van der Waals surface area contributed by atoms with Crippen LogP contribution in [0.15, 0.2) is 23.2 Å². The van der Waals surface area contributed by atoms with Gasteiger partial charge in [0.2, 0.25) is 0 Å². The van der Waals surface area contributed by atoms with E-state index in [4.69, 9.17) is 9.47 Å². The maximum atomic E-state index is 12.7. The third kappa shape index (κ3) is 8.90. The van der Waals surface area contributed by atoms with Crippen molar-refractivity contribution in [3.05, 3.63) is 23.8 Å². The molecule has 0 saturated heterocycles. The summed E-state index contributed by atoms with van der Waals surface area (Å²) >= 11 is 0. The van der Waals surface area contributed by atoms with Gasteiger partial charge in [0.25, 0.3) is 0 Å². The molecule has 1 aliphatic rings. The largest absolute Gasteiger partial charge is 0.497 e. The molecule has 9 heteroatoms. The van der Waals surface area contributed by atoms with Crippen LogP contribution >= 0.6 is 24.0 Å². The Morgan fingerprint density at radius 3 is 2.59 bits per heavy atom. The van der Waals surface area contributed by atoms with Crippen molar-refractivity contribution < 1.29 is 23.0 Å². The number of hydrogen-bond donors (Lipinski definition) is 2. The highest BCUT2D eigenvalue weighted by Crippen LogP contribution is 2.48. The third-order valence-corrected chi connectivity index (χ3v) is 4.80. The molecule has 6 nitrogen and oxygen atoms in total. The van der Waals surface area contributed by atoms with Crippen molar-refractivity contribution in [2.75, 3.05) is 33.4 Å². The van der Waals surface area contributed by atoms with Crippen LogP contribution in [0.1, 0.15) is 38.7 Å². The second-order valence-electron chi connectivity index (χ2n) is 6.85. The zero-order chi connectivity index (χ0) is 20.4. The number of rotatable bonds is 12. The Hall–Kier alpha value is -1.36. The van der Waals surface area contributed by atoms with E-state index in [2.05, 4.69) is 20.4 Å². The summed E-state index contributed by atoms with van der Waals surface area (Å²) in [5, 5.41) is 6.57. The number of aliphatic imine (C=N–C) groups is 1. The van der Waals surface area contributed by atoms with Crippen molar-refractivity contribution in [2.45, 2.75) is 46.3 Å². The summed E-state index contributed by atoms with van der Waals surface area (Å²) in [5.74, 6) is 1.32. The summed E-state index contributed by atoms with van der Waals surface area (Å²) in [4.78, 5) is 4.54. The highest BCUT2D eigenvalue weighted by molar-refractivity contribution is 14.0. The molecule has 0 aliphatic heterocycles. The van der Waals surface area contributed by atoms with Crippen LogP contribution < -0.4 is 20.1 Å². The Morgan fingerprint density at radius 2 is 2.00 bits per heavy atom. The SMILES string of the molecule is CCNC(=NCc1cc(OC)ccc1OC(F)F)NCC1(CCOCC)CC1.I. The first-order valence-electron chi connectivity index (χ1n) is 9.73. The first kappa shape index (κ1) is 25.7. The zero-order valence-electron chi connectivity index (χ0n) is 17.3. The van der Waals surface area contributed by atoms with Crippen LogP contribution in [0, 0.1) is 5.41 Å². The zero-order valence-corrected chi connectivity index (χ0v) is 19.6. The van der Waals surface area contributed by atoms with Gasteiger partial charge in [0.1, 0.15) is 11.5 Å². The first-order valence-corrected chi connectivity index (χ1v) is 9.73. The number of nitrogens with zero attached hydrogens (tertiary/aromatic N) is 1. The van der Waals surface area contributed by atoms with Crippen LogP contribution in [-0.4, -0.2) is 46.0 Å². The van der Waals surface area contributed by atoms with Gasteiger partial charge in [-0.1, -0.05) is 0 Å². The minimum absolute atomic E-state index is 0. The lowest BCUT2D eigenvalue weighted by atomic mass is 10.0. The molecule has 2 rings (SSSR count). The molecule has 1 fully saturated rings. The maximum absolute atomic E-state index is 12.7. The standard InChI is InChI=1S/C20H31F2N3O3.HI/c1-4-23-19(25-14-20(8-9-20)10-11-27-5-2)24-13-15-12-16(26-3)6-7-17(15)28-18(21)22;/h6-7,12,18H,4-5,8-11,13-14H2,1-3H3,(H2,23,24,25);1H. The van der Waals surface area contributed by atoms with Gasteiger partial charge in [0.15, 0.2) is 5.96 Å². The highest BCUT2D eigenvalue weighted by atomic mass is 127. The van der Waals surface area contributed by atoms with Crippen molar-refractivity contribution in [3.63, 3.8) is 0 Å². The van der Waals surface area contributed by atoms with Crippen LogP contribution in [-0.2, 0) is 11.3 Å². The summed E-state index contributed by atoms with van der Waals surface area (Å²) in [6.45, 7) is 4.30. The summed E-state index contributed by atoms with van der Waals surface area (Å²) in [6.07, 6.45) is 3.37. The smallest absolute Gasteiger partial charge is 0.387 e. The molecule has 0 spiro atoms. The van der Waals surface area contributed by atoms with E-state index in [1.165, 1.54) is 26.0 Å². The molecule has 1 saturated carbocycles. The first-order chi connectivity index (χ1) is 13.5. The predicted octanol–water partition coefficient (Wildman–Crippen LogP) is 4.18. The Labute approximate surface area is 188 Å². The average Bonchev–Trinajstić information content (AvgIpc) is 3.45. The van der Waals surface area contributed by atoms with Gasteiger partial charge in [-0.2, -0.15) is 8.78 Å². The van der Waals surface area contributed by atoms with Crippen molar-refractivity contribution in [3.8, 4) is 11.5 Å². The molecule has 29 heavy (non-hydrogen) atoms. The van der Waals surface area contributed by atoms with Gasteiger partial charge in [-0.15, -0.1) is 24.0 Å². The number of benzene rings is 1. The lowest BCUT2D eigenvalue weighted by molar-refractivity contribution is -0.0504. The lowest BCUT2D eigenvalue weighted by Crippen LogP contribution is -2.40. The summed E-state index contributed by atoms with van der Waals surface area (Å²) in [5.41, 5.74) is 0.806. The molecule has 1 aliphatic carbocycles. The molecule has 0 bridgehead atoms. The molecule has 166 valence electrons. The molecule has 1 aromatic rings. The predicted molar refractivity (Wildman–Crippen MR) is 121 cm³/mol. The van der Waals surface area contributed by atoms with Gasteiger partial charge in [-0.05, 0) is 56.7 Å². The highest BCUT2D eigenvalue weighted by Gasteiger charge is 2.41. The molecule has 2 N–H and O–H groups in total. The topological polar surface area (TPSA) is 64.1 Å². The van der Waals surface area contributed by atoms with Crippen LogP contribution in [0.5, 0.6) is 11.5 Å². The average molecular weight is 527 g/mol. The second-order valence-corrected chi connectivity index (χ2v) is 6.85. The number of halogens is 3. The molecule has 0 unspecified atom stereocenters. The van der Waals surface area contributed by atoms with E-state index in [9.17, 15) is 8.78 Å². The normalized spacial score (nSPS) is 14.9. The molecule has 0 radical (unpaired) electrons. The fourth-order valence-electron chi connectivity index (χ4n) is 2.92. The molecule has 0 aromatic heterocycles. The van der Waals surface area contributed by atoms with Gasteiger partial charge in [-0.25, -0.2) is 4.99 Å². The summed E-state index contributed by atoms with van der Waals surface area (Å²) in [6, 6.07) is 4.72. The summed E-state index contributed by atoms with van der Waals surface area (Å²) in [7, 11) is 1.53. The number of alkyl halides is 2. The van der Waals surface area contributed by atoms with Crippen molar-refractivity contribution in [1.29, 1.82) is 0 Å². The number of nitrogens with one attached hydrogen (secondary N) is 2. The fraction of sp³-hybridized carbons (Fsp3) is 0.650. The van der Waals surface area contributed by atoms with Gasteiger partial charge in [-0.3, -0.25) is 0 Å². The molecular formula is C20H32F2IN3O3. The van der Waals surface area contributed by atoms with E-state index in [-0.39, 0.29) is 41.7 Å². The summed E-state index contributed by atoms with van der Waals surface area (Å²) < 4.78 is 40.6. The molecule has 1 aromatic carbocycles. The number of ether oxygens (including phenoxy) is 3. The van der Waals surface area contributed by atoms with E-state index in [0.29, 0.717) is 23.8 Å². The Bertz CT molecular complexity index is 643. The van der Waals surface area contributed by atoms with E-state index < -0.39 is 6.61 Å². The van der Waals surface area contributed by atoms with Gasteiger partial charge < -0.3 is 24.8 Å². The van der Waals surface area contributed by atoms with Crippen molar-refractivity contribution >= 4 is 29.9 Å². The van der Waals surface area contributed by atoms with E-state index in [0.717, 1.165) is 26.2 Å². The third-order valence-electron chi connectivity index (χ3n) is 4.80. The number of hydrogen-bond acceptors (Lipinski definition) is 4. The number of methoxy groups -OCH3 is 1. The Balaban J connectivity index is 0.00000420. The molecule has 0 atom stereocenters. The van der Waals surface area contributed by atoms with Gasteiger partial charge in [0.05, 0.1) is 13.7 Å². The fourth-order valence-corrected chi connectivity index (χ4v) is 2.92. The molecule has 0 amide bonds. The Kier molecular flexibility index (Phi) is 11.6. The van der Waals surface area contributed by atoms with Crippen LogP contribution in [0.25, 0.3) is 0 Å². The van der Waals surface area contributed by atoms with E-state index in [1.54, 1.807) is 12.1 Å². The monoisotopic (exact) mass is 527 g/mol. The molecular weight excluding hydrogens is 495 g/mol.